The smallest absolute Gasteiger partial charge is 0.141 e. The van der Waals surface area contributed by atoms with Gasteiger partial charge < -0.3 is 0 Å². The lowest BCUT2D eigenvalue weighted by Gasteiger charge is -2.27. The van der Waals surface area contributed by atoms with E-state index >= 15 is 0 Å². The van der Waals surface area contributed by atoms with E-state index in [4.69, 9.17) is 15.0 Å². The SMILES string of the molecule is Cc1cccc(N(c2cc(C)ccn2)c2cccc(N(c3cccc(C)c3)c3cc(C)ccn3)n2)c1. The van der Waals surface area contributed by atoms with E-state index < -0.39 is 0 Å². The van der Waals surface area contributed by atoms with Crippen molar-refractivity contribution in [1.29, 1.82) is 0 Å². The first-order valence-electron chi connectivity index (χ1n) is 12.0. The number of aryl methyl sites for hydroxylation is 4. The van der Waals surface area contributed by atoms with Gasteiger partial charge in [0.1, 0.15) is 23.3 Å². The van der Waals surface area contributed by atoms with Gasteiger partial charge in [-0.05, 0) is 111 Å². The van der Waals surface area contributed by atoms with Crippen LogP contribution in [0.4, 0.5) is 34.6 Å². The highest BCUT2D eigenvalue weighted by Gasteiger charge is 2.20. The minimum Gasteiger partial charge on any atom is -0.279 e. The van der Waals surface area contributed by atoms with E-state index in [1.54, 1.807) is 0 Å². The first kappa shape index (κ1) is 23.2. The summed E-state index contributed by atoms with van der Waals surface area (Å²) >= 11 is 0. The summed E-state index contributed by atoms with van der Waals surface area (Å²) in [5.41, 5.74) is 6.64. The van der Waals surface area contributed by atoms with E-state index in [-0.39, 0.29) is 0 Å². The molecule has 178 valence electrons. The summed E-state index contributed by atoms with van der Waals surface area (Å²) in [5.74, 6) is 3.20. The molecule has 0 atom stereocenters. The van der Waals surface area contributed by atoms with Crippen molar-refractivity contribution in [3.63, 3.8) is 0 Å². The largest absolute Gasteiger partial charge is 0.279 e. The molecule has 5 heteroatoms. The molecular weight excluding hydrogens is 442 g/mol. The number of rotatable bonds is 6. The summed E-state index contributed by atoms with van der Waals surface area (Å²) < 4.78 is 0. The number of aromatic nitrogens is 3. The third kappa shape index (κ3) is 4.96. The summed E-state index contributed by atoms with van der Waals surface area (Å²) in [6, 6.07) is 31.0. The summed E-state index contributed by atoms with van der Waals surface area (Å²) in [7, 11) is 0. The van der Waals surface area contributed by atoms with E-state index in [9.17, 15) is 0 Å². The van der Waals surface area contributed by atoms with Crippen molar-refractivity contribution in [2.45, 2.75) is 27.7 Å². The van der Waals surface area contributed by atoms with Gasteiger partial charge in [0.25, 0.3) is 0 Å². The number of hydrogen-bond donors (Lipinski definition) is 0. The lowest BCUT2D eigenvalue weighted by atomic mass is 10.2. The molecule has 3 heterocycles. The highest BCUT2D eigenvalue weighted by molar-refractivity contribution is 5.77. The molecule has 0 spiro atoms. The molecule has 0 saturated heterocycles. The van der Waals surface area contributed by atoms with E-state index in [0.29, 0.717) is 0 Å². The topological polar surface area (TPSA) is 45.2 Å². The molecule has 0 saturated carbocycles. The second-order valence-corrected chi connectivity index (χ2v) is 9.09. The van der Waals surface area contributed by atoms with Gasteiger partial charge in [-0.15, -0.1) is 0 Å². The van der Waals surface area contributed by atoms with Gasteiger partial charge in [-0.2, -0.15) is 0 Å². The van der Waals surface area contributed by atoms with Crippen LogP contribution in [0.1, 0.15) is 22.3 Å². The lowest BCUT2D eigenvalue weighted by molar-refractivity contribution is 1.08. The molecule has 0 aliphatic rings. The average molecular weight is 472 g/mol. The first-order chi connectivity index (χ1) is 17.5. The van der Waals surface area contributed by atoms with Gasteiger partial charge in [-0.3, -0.25) is 9.80 Å². The van der Waals surface area contributed by atoms with Gasteiger partial charge >= 0.3 is 0 Å². The number of anilines is 6. The molecule has 0 N–H and O–H groups in total. The molecule has 0 fully saturated rings. The van der Waals surface area contributed by atoms with E-state index in [0.717, 1.165) is 45.8 Å². The van der Waals surface area contributed by atoms with Crippen molar-refractivity contribution in [1.82, 2.24) is 15.0 Å². The van der Waals surface area contributed by atoms with Gasteiger partial charge in [0.15, 0.2) is 0 Å². The maximum absolute atomic E-state index is 5.17. The predicted octanol–water partition coefficient (Wildman–Crippen LogP) is 8.04. The molecule has 36 heavy (non-hydrogen) atoms. The van der Waals surface area contributed by atoms with Crippen molar-refractivity contribution < 1.29 is 0 Å². The predicted molar refractivity (Wildman–Crippen MR) is 148 cm³/mol. The Bertz CT molecular complexity index is 1310. The van der Waals surface area contributed by atoms with Crippen LogP contribution in [-0.4, -0.2) is 15.0 Å². The lowest BCUT2D eigenvalue weighted by Crippen LogP contribution is -2.17. The average Bonchev–Trinajstić information content (AvgIpc) is 2.85. The maximum atomic E-state index is 5.17. The molecule has 2 aromatic carbocycles. The Morgan fingerprint density at radius 2 is 0.861 bits per heavy atom. The highest BCUT2D eigenvalue weighted by Crippen LogP contribution is 2.37. The second-order valence-electron chi connectivity index (χ2n) is 9.09. The standard InChI is InChI=1S/C31H29N5/c1-22-8-5-10-26(18-22)35(30-20-24(3)14-16-32-30)28-12-7-13-29(34-28)36(27-11-6-9-23(2)19-27)31-21-25(4)15-17-33-31/h5-21H,1-4H3. The van der Waals surface area contributed by atoms with Crippen molar-refractivity contribution in [3.05, 3.63) is 126 Å². The molecule has 5 aromatic rings. The van der Waals surface area contributed by atoms with Gasteiger partial charge in [0.05, 0.1) is 0 Å². The molecule has 0 aliphatic carbocycles. The molecule has 0 unspecified atom stereocenters. The third-order valence-electron chi connectivity index (χ3n) is 5.96. The second kappa shape index (κ2) is 10.0. The zero-order valence-corrected chi connectivity index (χ0v) is 21.1. The number of pyridine rings is 3. The van der Waals surface area contributed by atoms with Crippen LogP contribution < -0.4 is 9.80 Å². The highest BCUT2D eigenvalue weighted by atomic mass is 15.3. The van der Waals surface area contributed by atoms with Crippen LogP contribution in [0.3, 0.4) is 0 Å². The van der Waals surface area contributed by atoms with Gasteiger partial charge in [-0.25, -0.2) is 15.0 Å². The van der Waals surface area contributed by atoms with Crippen LogP contribution >= 0.6 is 0 Å². The summed E-state index contributed by atoms with van der Waals surface area (Å²) in [4.78, 5) is 18.8. The Hall–Kier alpha value is -4.51. The normalized spacial score (nSPS) is 10.8. The third-order valence-corrected chi connectivity index (χ3v) is 5.96. The number of nitrogens with zero attached hydrogens (tertiary/aromatic N) is 5. The minimum absolute atomic E-state index is 0.779. The van der Waals surface area contributed by atoms with Gasteiger partial charge in [0.2, 0.25) is 0 Å². The van der Waals surface area contributed by atoms with Crippen LogP contribution in [0, 0.1) is 27.7 Å². The molecular formula is C31H29N5. The number of hydrogen-bond acceptors (Lipinski definition) is 5. The van der Waals surface area contributed by atoms with Crippen molar-refractivity contribution >= 4 is 34.6 Å². The fraction of sp³-hybridized carbons (Fsp3) is 0.129. The van der Waals surface area contributed by atoms with E-state index in [2.05, 4.69) is 98.2 Å². The molecule has 0 aliphatic heterocycles. The number of benzene rings is 2. The summed E-state index contributed by atoms with van der Waals surface area (Å²) in [6.45, 7) is 8.34. The molecule has 5 rings (SSSR count). The van der Waals surface area contributed by atoms with Crippen molar-refractivity contribution in [2.24, 2.45) is 0 Å². The van der Waals surface area contributed by atoms with Crippen LogP contribution in [0.25, 0.3) is 0 Å². The Labute approximate surface area is 212 Å². The van der Waals surface area contributed by atoms with Crippen molar-refractivity contribution in [3.8, 4) is 0 Å². The zero-order valence-electron chi connectivity index (χ0n) is 21.1. The molecule has 5 nitrogen and oxygen atoms in total. The Morgan fingerprint density at radius 1 is 0.444 bits per heavy atom. The van der Waals surface area contributed by atoms with Crippen LogP contribution in [0.5, 0.6) is 0 Å². The molecule has 3 aromatic heterocycles. The zero-order chi connectivity index (χ0) is 25.1. The molecule has 0 amide bonds. The van der Waals surface area contributed by atoms with Gasteiger partial charge in [0, 0.05) is 23.8 Å². The first-order valence-corrected chi connectivity index (χ1v) is 12.0. The Morgan fingerprint density at radius 3 is 1.28 bits per heavy atom. The Kier molecular flexibility index (Phi) is 6.46. The summed E-state index contributed by atoms with van der Waals surface area (Å²) in [6.07, 6.45) is 3.68. The fourth-order valence-corrected chi connectivity index (χ4v) is 4.24. The van der Waals surface area contributed by atoms with Crippen molar-refractivity contribution in [2.75, 3.05) is 9.80 Å². The molecule has 0 bridgehead atoms. The van der Waals surface area contributed by atoms with Crippen LogP contribution in [-0.2, 0) is 0 Å². The minimum atomic E-state index is 0.779. The maximum Gasteiger partial charge on any atom is 0.141 e. The monoisotopic (exact) mass is 471 g/mol. The van der Waals surface area contributed by atoms with Crippen LogP contribution in [0.15, 0.2) is 103 Å². The quantitative estimate of drug-likeness (QED) is 0.251. The van der Waals surface area contributed by atoms with Gasteiger partial charge in [-0.1, -0.05) is 30.3 Å². The van der Waals surface area contributed by atoms with Crippen LogP contribution in [0.2, 0.25) is 0 Å². The fourth-order valence-electron chi connectivity index (χ4n) is 4.24. The Balaban J connectivity index is 1.69. The van der Waals surface area contributed by atoms with E-state index in [1.165, 1.54) is 11.1 Å². The van der Waals surface area contributed by atoms with E-state index in [1.807, 2.05) is 42.7 Å². The summed E-state index contributed by atoms with van der Waals surface area (Å²) in [5, 5.41) is 0. The molecule has 0 radical (unpaired) electrons.